The summed E-state index contributed by atoms with van der Waals surface area (Å²) in [5, 5.41) is 16.9. The fourth-order valence-electron chi connectivity index (χ4n) is 6.74. The van der Waals surface area contributed by atoms with Gasteiger partial charge in [0.05, 0.1) is 6.61 Å². The summed E-state index contributed by atoms with van der Waals surface area (Å²) in [6.45, 7) is 17.4. The van der Waals surface area contributed by atoms with Crippen LogP contribution in [0.4, 0.5) is 0 Å². The predicted molar refractivity (Wildman–Crippen MR) is 133 cm³/mol. The fourth-order valence-corrected chi connectivity index (χ4v) is 6.74. The van der Waals surface area contributed by atoms with Gasteiger partial charge in [0.2, 0.25) is 0 Å². The summed E-state index contributed by atoms with van der Waals surface area (Å²) in [5.74, 6) is 1.97. The highest BCUT2D eigenvalue weighted by molar-refractivity contribution is 5.42. The second-order valence-corrected chi connectivity index (χ2v) is 11.7. The van der Waals surface area contributed by atoms with Crippen molar-refractivity contribution in [3.63, 3.8) is 0 Å². The van der Waals surface area contributed by atoms with Gasteiger partial charge in [-0.25, -0.2) is 0 Å². The van der Waals surface area contributed by atoms with Crippen LogP contribution in [0.15, 0.2) is 18.2 Å². The van der Waals surface area contributed by atoms with Gasteiger partial charge < -0.3 is 15.7 Å². The summed E-state index contributed by atoms with van der Waals surface area (Å²) in [4.78, 5) is 0. The third-order valence-electron chi connectivity index (χ3n) is 8.41. The van der Waals surface area contributed by atoms with Crippen molar-refractivity contribution in [1.29, 1.82) is 0 Å². The molecule has 0 aliphatic heterocycles. The summed E-state index contributed by atoms with van der Waals surface area (Å²) in [6.07, 6.45) is 7.58. The molecule has 31 heavy (non-hydrogen) atoms. The Morgan fingerprint density at radius 2 is 1.87 bits per heavy atom. The van der Waals surface area contributed by atoms with Gasteiger partial charge in [-0.2, -0.15) is 0 Å². The van der Waals surface area contributed by atoms with Crippen LogP contribution in [0.2, 0.25) is 0 Å². The van der Waals surface area contributed by atoms with Gasteiger partial charge in [0, 0.05) is 25.7 Å². The van der Waals surface area contributed by atoms with E-state index in [0.29, 0.717) is 22.7 Å². The van der Waals surface area contributed by atoms with E-state index in [9.17, 15) is 5.11 Å². The number of hydrogen-bond donors (Lipinski definition) is 3. The Hall–Kier alpha value is -0.900. The zero-order chi connectivity index (χ0) is 22.6. The molecule has 0 spiro atoms. The van der Waals surface area contributed by atoms with Crippen molar-refractivity contribution in [2.75, 3.05) is 26.2 Å². The minimum Gasteiger partial charge on any atom is -0.395 e. The lowest BCUT2D eigenvalue weighted by atomic mass is 9.49. The molecule has 3 rings (SSSR count). The van der Waals surface area contributed by atoms with Crippen LogP contribution in [0.5, 0.6) is 0 Å². The summed E-state index contributed by atoms with van der Waals surface area (Å²) in [5.41, 5.74) is 5.42. The van der Waals surface area contributed by atoms with E-state index in [2.05, 4.69) is 70.4 Å². The van der Waals surface area contributed by atoms with Crippen LogP contribution in [0.1, 0.15) is 96.3 Å². The quantitative estimate of drug-likeness (QED) is 0.437. The molecule has 3 heteroatoms. The second kappa shape index (κ2) is 10.4. The zero-order valence-corrected chi connectivity index (χ0v) is 21.1. The van der Waals surface area contributed by atoms with E-state index in [1.54, 1.807) is 11.1 Å². The summed E-state index contributed by atoms with van der Waals surface area (Å²) in [6, 6.07) is 7.60. The first-order valence-electron chi connectivity index (χ1n) is 12.9. The fraction of sp³-hybridized carbons (Fsp3) is 0.786. The van der Waals surface area contributed by atoms with E-state index in [-0.39, 0.29) is 12.6 Å². The maximum atomic E-state index is 9.58. The van der Waals surface area contributed by atoms with Crippen molar-refractivity contribution < 1.29 is 5.11 Å². The molecular weight excluding hydrogens is 380 g/mol. The first-order valence-corrected chi connectivity index (χ1v) is 12.9. The lowest BCUT2D eigenvalue weighted by Gasteiger charge is -2.55. The number of hydrogen-bond acceptors (Lipinski definition) is 3. The topological polar surface area (TPSA) is 44.3 Å². The Morgan fingerprint density at radius 3 is 2.55 bits per heavy atom. The van der Waals surface area contributed by atoms with E-state index in [1.807, 2.05) is 0 Å². The monoisotopic (exact) mass is 428 g/mol. The molecular formula is C28H48N2O. The van der Waals surface area contributed by atoms with Gasteiger partial charge in [-0.15, -0.1) is 0 Å². The van der Waals surface area contributed by atoms with Crippen molar-refractivity contribution in [1.82, 2.24) is 10.6 Å². The van der Waals surface area contributed by atoms with Crippen LogP contribution in [0, 0.1) is 17.3 Å². The number of fused-ring (bicyclic) bond motifs is 3. The zero-order valence-electron chi connectivity index (χ0n) is 21.1. The van der Waals surface area contributed by atoms with Crippen LogP contribution in [0.25, 0.3) is 0 Å². The smallest absolute Gasteiger partial charge is 0.0584 e. The number of benzene rings is 1. The lowest BCUT2D eigenvalue weighted by molar-refractivity contribution is 0.0260. The summed E-state index contributed by atoms with van der Waals surface area (Å²) in [7, 11) is 0. The first kappa shape index (κ1) is 24.7. The average molecular weight is 429 g/mol. The highest BCUT2D eigenvalue weighted by Gasteiger charge is 2.51. The van der Waals surface area contributed by atoms with E-state index in [4.69, 9.17) is 0 Å². The normalized spacial score (nSPS) is 29.1. The van der Waals surface area contributed by atoms with Crippen LogP contribution in [0.3, 0.4) is 0 Å². The molecule has 0 amide bonds. The van der Waals surface area contributed by atoms with Crippen molar-refractivity contribution in [3.05, 3.63) is 34.9 Å². The standard InChI is InChI=1S/C28H48N2O/c1-20(2)16-24(18-31)30-15-14-29-19-27(5)12-7-13-28(6)25-10-8-22(21(3)4)17-23(25)9-11-26(27)28/h8,10,17,20-21,24,26,29-31H,7,9,11-16,18-19H2,1-6H3/t24-,26-,27-,28+/m0/s1. The Kier molecular flexibility index (Phi) is 8.27. The molecule has 1 saturated carbocycles. The van der Waals surface area contributed by atoms with Gasteiger partial charge in [-0.05, 0) is 77.4 Å². The van der Waals surface area contributed by atoms with Gasteiger partial charge >= 0.3 is 0 Å². The number of nitrogens with one attached hydrogen (secondary N) is 2. The number of rotatable bonds is 10. The molecule has 1 aromatic carbocycles. The number of aryl methyl sites for hydroxylation is 1. The van der Waals surface area contributed by atoms with Crippen molar-refractivity contribution in [2.24, 2.45) is 17.3 Å². The van der Waals surface area contributed by atoms with Crippen LogP contribution >= 0.6 is 0 Å². The summed E-state index contributed by atoms with van der Waals surface area (Å²) >= 11 is 0. The largest absolute Gasteiger partial charge is 0.395 e. The van der Waals surface area contributed by atoms with Gasteiger partial charge in [-0.3, -0.25) is 0 Å². The third-order valence-corrected chi connectivity index (χ3v) is 8.41. The number of aliphatic hydroxyl groups excluding tert-OH is 1. The second-order valence-electron chi connectivity index (χ2n) is 11.7. The van der Waals surface area contributed by atoms with E-state index < -0.39 is 0 Å². The van der Waals surface area contributed by atoms with Crippen LogP contribution < -0.4 is 10.6 Å². The van der Waals surface area contributed by atoms with E-state index in [1.165, 1.54) is 37.7 Å². The molecule has 2 aliphatic rings. The minimum absolute atomic E-state index is 0.223. The van der Waals surface area contributed by atoms with Gasteiger partial charge in [0.1, 0.15) is 0 Å². The highest BCUT2D eigenvalue weighted by Crippen LogP contribution is 2.57. The van der Waals surface area contributed by atoms with E-state index in [0.717, 1.165) is 32.0 Å². The molecule has 0 unspecified atom stereocenters. The molecule has 176 valence electrons. The molecule has 0 bridgehead atoms. The van der Waals surface area contributed by atoms with Crippen molar-refractivity contribution >= 4 is 0 Å². The van der Waals surface area contributed by atoms with E-state index >= 15 is 0 Å². The van der Waals surface area contributed by atoms with Gasteiger partial charge in [-0.1, -0.05) is 66.2 Å². The third kappa shape index (κ3) is 5.54. The average Bonchev–Trinajstić information content (AvgIpc) is 2.71. The molecule has 4 atom stereocenters. The Balaban J connectivity index is 1.61. The van der Waals surface area contributed by atoms with Gasteiger partial charge in [0.15, 0.2) is 0 Å². The maximum absolute atomic E-state index is 9.58. The van der Waals surface area contributed by atoms with Crippen LogP contribution in [-0.2, 0) is 11.8 Å². The molecule has 0 radical (unpaired) electrons. The maximum Gasteiger partial charge on any atom is 0.0584 e. The van der Waals surface area contributed by atoms with Crippen molar-refractivity contribution in [3.8, 4) is 0 Å². The van der Waals surface area contributed by atoms with Gasteiger partial charge in [0.25, 0.3) is 0 Å². The predicted octanol–water partition coefficient (Wildman–Crippen LogP) is 5.41. The molecule has 0 saturated heterocycles. The summed E-state index contributed by atoms with van der Waals surface area (Å²) < 4.78 is 0. The minimum atomic E-state index is 0.223. The molecule has 3 nitrogen and oxygen atoms in total. The number of aliphatic hydroxyl groups is 1. The first-order chi connectivity index (χ1) is 14.7. The Bertz CT molecular complexity index is 715. The molecule has 0 heterocycles. The highest BCUT2D eigenvalue weighted by atomic mass is 16.3. The molecule has 0 aromatic heterocycles. The Morgan fingerprint density at radius 1 is 1.10 bits per heavy atom. The van der Waals surface area contributed by atoms with Crippen LogP contribution in [-0.4, -0.2) is 37.4 Å². The SMILES string of the molecule is CC(C)C[C@@H](CO)NCCNC[C@]1(C)CCC[C@]2(C)c3ccc(C(C)C)cc3CC[C@@H]12. The Labute approximate surface area is 191 Å². The molecule has 2 aliphatic carbocycles. The lowest BCUT2D eigenvalue weighted by Crippen LogP contribution is -2.53. The molecule has 1 aromatic rings. The van der Waals surface area contributed by atoms with Crippen molar-refractivity contribution in [2.45, 2.75) is 97.4 Å². The molecule has 1 fully saturated rings. The molecule has 3 N–H and O–H groups in total.